The van der Waals surface area contributed by atoms with Gasteiger partial charge in [0.2, 0.25) is 14.5 Å². The summed E-state index contributed by atoms with van der Waals surface area (Å²) in [5, 5.41) is 7.48. The average molecular weight is 405 g/mol. The van der Waals surface area contributed by atoms with Crippen LogP contribution in [0.3, 0.4) is 0 Å². The molecule has 0 aliphatic heterocycles. The van der Waals surface area contributed by atoms with E-state index in [9.17, 15) is 8.42 Å². The summed E-state index contributed by atoms with van der Waals surface area (Å²) in [6, 6.07) is 2.98. The monoisotopic (exact) mass is 404 g/mol. The van der Waals surface area contributed by atoms with Crippen LogP contribution in [0, 0.1) is 0 Å². The van der Waals surface area contributed by atoms with Crippen LogP contribution in [0.5, 0.6) is 0 Å². The number of anilines is 2. The van der Waals surface area contributed by atoms with Crippen LogP contribution < -0.4 is 10.6 Å². The third-order valence-corrected chi connectivity index (χ3v) is 6.49. The lowest BCUT2D eigenvalue weighted by atomic mass is 10.3. The molecule has 0 saturated heterocycles. The van der Waals surface area contributed by atoms with Crippen molar-refractivity contribution in [2.75, 3.05) is 24.7 Å². The van der Waals surface area contributed by atoms with Crippen LogP contribution in [0.1, 0.15) is 0 Å². The minimum absolute atomic E-state index is 0.0450. The molecule has 8 nitrogen and oxygen atoms in total. The highest BCUT2D eigenvalue weighted by molar-refractivity contribution is 7.93. The Kier molecular flexibility index (Phi) is 4.24. The Hall–Kier alpha value is -1.75. The average Bonchev–Trinajstić information content (AvgIpc) is 2.94. The van der Waals surface area contributed by atoms with E-state index in [1.54, 1.807) is 14.1 Å². The summed E-state index contributed by atoms with van der Waals surface area (Å²) in [7, 11) is -0.727. The molecule has 0 radical (unpaired) electrons. The second-order valence-electron chi connectivity index (χ2n) is 4.91. The number of halogens is 2. The Morgan fingerprint density at radius 1 is 1.08 bits per heavy atom. The summed E-state index contributed by atoms with van der Waals surface area (Å²) < 4.78 is 25.4. The normalized spacial score (nSPS) is 11.8. The first-order valence-corrected chi connectivity index (χ1v) is 9.44. The Bertz CT molecular complexity index is 1050. The number of nitrogen functional groups attached to an aromatic ring is 1. The third kappa shape index (κ3) is 2.86. The first kappa shape index (κ1) is 17.1. The van der Waals surface area contributed by atoms with E-state index >= 15 is 0 Å². The molecule has 3 aromatic rings. The quantitative estimate of drug-likeness (QED) is 0.706. The van der Waals surface area contributed by atoms with Crippen LogP contribution in [0.25, 0.3) is 11.0 Å². The van der Waals surface area contributed by atoms with Crippen LogP contribution in [0.2, 0.25) is 10.0 Å². The molecule has 1 aromatic carbocycles. The maximum absolute atomic E-state index is 12.8. The summed E-state index contributed by atoms with van der Waals surface area (Å²) in [6.45, 7) is 0. The zero-order valence-electron chi connectivity index (χ0n) is 12.4. The first-order valence-electron chi connectivity index (χ1n) is 6.38. The van der Waals surface area contributed by atoms with Gasteiger partial charge in [-0.05, 0) is 12.1 Å². The van der Waals surface area contributed by atoms with Gasteiger partial charge in [-0.3, -0.25) is 0 Å². The molecule has 3 rings (SSSR count). The summed E-state index contributed by atoms with van der Waals surface area (Å²) in [5.74, 6) is 0.148. The fourth-order valence-electron chi connectivity index (χ4n) is 1.91. The summed E-state index contributed by atoms with van der Waals surface area (Å²) in [6.07, 6.45) is 0. The number of hydrogen-bond acceptors (Lipinski definition) is 9. The highest BCUT2D eigenvalue weighted by Crippen LogP contribution is 2.32. The molecule has 0 saturated carbocycles. The summed E-state index contributed by atoms with van der Waals surface area (Å²) in [4.78, 5) is 10.1. The molecule has 2 N–H and O–H groups in total. The maximum atomic E-state index is 12.8. The van der Waals surface area contributed by atoms with Crippen LogP contribution in [-0.2, 0) is 9.84 Å². The van der Waals surface area contributed by atoms with Crippen LogP contribution in [0.15, 0.2) is 21.5 Å². The minimum atomic E-state index is -4.03. The lowest BCUT2D eigenvalue weighted by Gasteiger charge is -2.15. The van der Waals surface area contributed by atoms with Crippen LogP contribution in [0.4, 0.5) is 10.9 Å². The lowest BCUT2D eigenvalue weighted by molar-refractivity contribution is 0.590. The largest absolute Gasteiger partial charge is 0.374 e. The molecular weight excluding hydrogens is 395 g/mol. The summed E-state index contributed by atoms with van der Waals surface area (Å²) in [5.41, 5.74) is 6.20. The zero-order valence-corrected chi connectivity index (χ0v) is 15.5. The van der Waals surface area contributed by atoms with Crippen molar-refractivity contribution in [3.8, 4) is 0 Å². The predicted molar refractivity (Wildman–Crippen MR) is 93.7 cm³/mol. The van der Waals surface area contributed by atoms with E-state index in [2.05, 4.69) is 20.2 Å². The predicted octanol–water partition coefficient (Wildman–Crippen LogP) is 2.27. The molecule has 0 aliphatic rings. The first-order chi connectivity index (χ1) is 11.2. The molecule has 0 bridgehead atoms. The molecule has 0 unspecified atom stereocenters. The smallest absolute Gasteiger partial charge is 0.256 e. The van der Waals surface area contributed by atoms with E-state index in [-0.39, 0.29) is 25.3 Å². The van der Waals surface area contributed by atoms with Crippen LogP contribution in [-0.4, -0.2) is 42.7 Å². The van der Waals surface area contributed by atoms with Crippen LogP contribution >= 0.6 is 34.5 Å². The molecule has 2 heterocycles. The molecular formula is C12H10Cl2N6O2S2. The second-order valence-corrected chi connectivity index (χ2v) is 8.77. The van der Waals surface area contributed by atoms with Crippen molar-refractivity contribution in [3.05, 3.63) is 22.2 Å². The Labute approximate surface area is 151 Å². The van der Waals surface area contributed by atoms with Gasteiger partial charge >= 0.3 is 0 Å². The van der Waals surface area contributed by atoms with Gasteiger partial charge in [-0.15, -0.1) is 10.2 Å². The topological polar surface area (TPSA) is 115 Å². The van der Waals surface area contributed by atoms with Crippen molar-refractivity contribution in [2.24, 2.45) is 0 Å². The Morgan fingerprint density at radius 2 is 1.67 bits per heavy atom. The third-order valence-electron chi connectivity index (χ3n) is 2.99. The van der Waals surface area contributed by atoms with Gasteiger partial charge in [0.15, 0.2) is 5.82 Å². The molecule has 0 aliphatic carbocycles. The van der Waals surface area contributed by atoms with E-state index in [1.807, 2.05) is 0 Å². The molecule has 0 atom stereocenters. The van der Waals surface area contributed by atoms with Crippen molar-refractivity contribution in [2.45, 2.75) is 9.37 Å². The molecule has 2 aromatic heterocycles. The minimum Gasteiger partial charge on any atom is -0.374 e. The fourth-order valence-corrected chi connectivity index (χ4v) is 4.50. The van der Waals surface area contributed by atoms with Crippen molar-refractivity contribution in [3.63, 3.8) is 0 Å². The van der Waals surface area contributed by atoms with E-state index < -0.39 is 9.84 Å². The number of benzene rings is 1. The lowest BCUT2D eigenvalue weighted by Crippen LogP contribution is -2.17. The van der Waals surface area contributed by atoms with E-state index in [4.69, 9.17) is 28.9 Å². The molecule has 24 heavy (non-hydrogen) atoms. The Balaban J connectivity index is 2.33. The van der Waals surface area contributed by atoms with Crippen molar-refractivity contribution in [1.29, 1.82) is 0 Å². The van der Waals surface area contributed by atoms with Gasteiger partial charge in [-0.25, -0.2) is 18.4 Å². The van der Waals surface area contributed by atoms with Crippen molar-refractivity contribution >= 4 is 66.4 Å². The number of sulfone groups is 1. The highest BCUT2D eigenvalue weighted by atomic mass is 35.5. The second kappa shape index (κ2) is 5.96. The number of nitrogens with two attached hydrogens (primary N) is 1. The van der Waals surface area contributed by atoms with Crippen molar-refractivity contribution in [1.82, 2.24) is 20.2 Å². The molecule has 0 amide bonds. The zero-order chi connectivity index (χ0) is 17.6. The summed E-state index contributed by atoms with van der Waals surface area (Å²) >= 11 is 12.7. The maximum Gasteiger partial charge on any atom is 0.256 e. The number of aromatic nitrogens is 4. The fraction of sp³-hybridized carbons (Fsp3) is 0.167. The van der Waals surface area contributed by atoms with Gasteiger partial charge in [0, 0.05) is 14.1 Å². The van der Waals surface area contributed by atoms with Gasteiger partial charge in [-0.2, -0.15) is 0 Å². The van der Waals surface area contributed by atoms with E-state index in [1.165, 1.54) is 17.0 Å². The number of rotatable bonds is 3. The van der Waals surface area contributed by atoms with E-state index in [0.29, 0.717) is 16.1 Å². The molecule has 126 valence electrons. The Morgan fingerprint density at radius 3 is 2.17 bits per heavy atom. The van der Waals surface area contributed by atoms with Gasteiger partial charge in [0.25, 0.3) is 9.84 Å². The molecule has 12 heteroatoms. The van der Waals surface area contributed by atoms with Crippen molar-refractivity contribution < 1.29 is 8.42 Å². The highest BCUT2D eigenvalue weighted by Gasteiger charge is 2.30. The SMILES string of the molecule is CN(C)c1nc2cc(Cl)c(Cl)cc2nc1S(=O)(=O)c1nnc(N)s1. The van der Waals surface area contributed by atoms with E-state index in [0.717, 1.165) is 11.3 Å². The number of fused-ring (bicyclic) bond motifs is 1. The van der Waals surface area contributed by atoms with Gasteiger partial charge in [-0.1, -0.05) is 34.5 Å². The number of hydrogen-bond donors (Lipinski definition) is 1. The van der Waals surface area contributed by atoms with Gasteiger partial charge in [0.05, 0.1) is 21.1 Å². The molecule has 0 spiro atoms. The molecule has 0 fully saturated rings. The number of nitrogens with zero attached hydrogens (tertiary/aromatic N) is 5. The standard InChI is InChI=1S/C12H10Cl2N6O2S2/c1-20(2)9-10(24(21,22)12-19-18-11(15)23-12)17-8-4-6(14)5(13)3-7(8)16-9/h3-4H,1-2H3,(H2,15,18). The van der Waals surface area contributed by atoms with Gasteiger partial charge in [0.1, 0.15) is 0 Å². The van der Waals surface area contributed by atoms with Gasteiger partial charge < -0.3 is 10.6 Å².